The molecule has 8 aliphatic heterocycles. The Bertz CT molecular complexity index is 2650. The number of hydrogen-bond acceptors (Lipinski definition) is 19. The summed E-state index contributed by atoms with van der Waals surface area (Å²) in [7, 11) is 1.40. The lowest BCUT2D eigenvalue weighted by Gasteiger charge is -2.59. The Morgan fingerprint density at radius 1 is 0.545 bits per heavy atom. The number of methoxy groups -OCH3 is 1. The summed E-state index contributed by atoms with van der Waals surface area (Å²) in [5.74, 6) is -4.14. The lowest BCUT2D eigenvalue weighted by molar-refractivity contribution is -0.576. The Balaban J connectivity index is 0.634. The second-order valence-corrected chi connectivity index (χ2v) is 22.7. The van der Waals surface area contributed by atoms with Gasteiger partial charge in [-0.3, -0.25) is 28.8 Å². The SMILES string of the molecule is COc1cc(/C=C/C(=O)CC(=O)/C=C/c2ccc(OC(=O)CCC(=O)O[C@@H]3O[C@@H]4O[C@]5(C)CC[C@H]6[C@H](C)CC[C@@H]([C@H]3C)[C@@]46OO5)cc2)ccc1OC(=O)CCC(=O)O[C@@H]1O[C@@H]2O[C@]3(C)CC[C@H]4[C@H](C)CC[C@@H]([C@H]1C)[C@@]24OO3. The zero-order valence-electron chi connectivity index (χ0n) is 44.7. The van der Waals surface area contributed by atoms with Crippen LogP contribution >= 0.6 is 0 Å². The highest BCUT2D eigenvalue weighted by molar-refractivity contribution is 6.10. The number of esters is 4. The van der Waals surface area contributed by atoms with E-state index in [-0.39, 0.29) is 78.4 Å². The molecule has 77 heavy (non-hydrogen) atoms. The molecule has 8 saturated heterocycles. The lowest BCUT2D eigenvalue weighted by atomic mass is 9.58. The molecular weight excluding hydrogens is 1000 g/mol. The van der Waals surface area contributed by atoms with Gasteiger partial charge in [0, 0.05) is 36.5 Å². The van der Waals surface area contributed by atoms with Crippen molar-refractivity contribution in [1.82, 2.24) is 0 Å². The van der Waals surface area contributed by atoms with Crippen LogP contribution in [0.4, 0.5) is 0 Å². The van der Waals surface area contributed by atoms with Crippen LogP contribution in [0.5, 0.6) is 17.2 Å². The molecule has 4 bridgehead atoms. The fourth-order valence-corrected chi connectivity index (χ4v) is 13.3. The predicted octanol–water partition coefficient (Wildman–Crippen LogP) is 8.82. The van der Waals surface area contributed by atoms with Crippen molar-refractivity contribution >= 4 is 47.6 Å². The summed E-state index contributed by atoms with van der Waals surface area (Å²) in [5.41, 5.74) is -0.422. The van der Waals surface area contributed by atoms with Crippen molar-refractivity contribution in [3.63, 3.8) is 0 Å². The number of ether oxygens (including phenoxy) is 9. The summed E-state index contributed by atoms with van der Waals surface area (Å²) in [5, 5.41) is 0. The molecule has 0 N–H and O–H groups in total. The molecule has 12 rings (SSSR count). The van der Waals surface area contributed by atoms with Gasteiger partial charge < -0.3 is 42.6 Å². The number of ketones is 2. The molecule has 10 fully saturated rings. The van der Waals surface area contributed by atoms with E-state index in [1.165, 1.54) is 37.5 Å². The van der Waals surface area contributed by atoms with Crippen molar-refractivity contribution in [2.75, 3.05) is 7.11 Å². The average Bonchev–Trinajstić information content (AvgIpc) is 3.96. The van der Waals surface area contributed by atoms with E-state index >= 15 is 0 Å². The molecule has 8 heterocycles. The highest BCUT2D eigenvalue weighted by Gasteiger charge is 2.71. The third kappa shape index (κ3) is 11.0. The molecule has 2 aromatic rings. The standard InChI is InChI=1S/C58H70O19/c1-32-8-19-43-34(3)51(70-53-57(43)41(32)26-28-55(5,72-53)74-76-57)68-49(63)24-22-47(61)66-40-17-12-36(13-18-40)10-15-38(59)31-39(60)16-11-37-14-21-45(46(30-37)65-7)67-48(62)23-25-50(64)69-52-35(4)44-20-9-33(2)42-27-29-56(6)73-54(71-52)58(42,44)77-75-56/h10-18,21,30,32-35,41-44,51-54H,8-9,19-20,22-29,31H2,1-7H3/b15-10+,16-11+/t32-,33-,34-,35-,41+,42+,43+,44+,51-,52-,53-,54-,55+,56+,57-,58-/m1/s1. The maximum Gasteiger partial charge on any atom is 0.311 e. The van der Waals surface area contributed by atoms with Crippen LogP contribution in [0.15, 0.2) is 54.6 Å². The number of carbonyl (C=O) groups excluding carboxylic acids is 6. The predicted molar refractivity (Wildman–Crippen MR) is 268 cm³/mol. The first-order valence-electron chi connectivity index (χ1n) is 27.2. The maximum atomic E-state index is 13.1. The molecule has 16 atom stereocenters. The van der Waals surface area contributed by atoms with E-state index in [4.69, 9.17) is 62.2 Å². The van der Waals surface area contributed by atoms with Crippen molar-refractivity contribution in [3.05, 3.63) is 65.7 Å². The van der Waals surface area contributed by atoms with Crippen molar-refractivity contribution in [1.29, 1.82) is 0 Å². The van der Waals surface area contributed by atoms with Crippen molar-refractivity contribution in [2.45, 2.75) is 173 Å². The number of fused-ring (bicyclic) bond motifs is 4. The first-order chi connectivity index (χ1) is 36.8. The normalized spacial score (nSPS) is 37.6. The molecule has 0 aromatic heterocycles. The van der Waals surface area contributed by atoms with Gasteiger partial charge in [0.05, 0.1) is 39.2 Å². The molecule has 19 nitrogen and oxygen atoms in total. The Labute approximate surface area is 447 Å². The van der Waals surface area contributed by atoms with Crippen LogP contribution in [0.25, 0.3) is 12.2 Å². The first kappa shape index (κ1) is 55.0. The Morgan fingerprint density at radius 2 is 1.01 bits per heavy atom. The van der Waals surface area contributed by atoms with Gasteiger partial charge in [-0.05, 0) is 124 Å². The minimum atomic E-state index is -0.969. The Hall–Kier alpha value is -5.38. The number of allylic oxidation sites excluding steroid dienone is 2. The van der Waals surface area contributed by atoms with Gasteiger partial charge in [-0.2, -0.15) is 0 Å². The summed E-state index contributed by atoms with van der Waals surface area (Å²) < 4.78 is 53.4. The van der Waals surface area contributed by atoms with Crippen molar-refractivity contribution < 1.29 is 90.9 Å². The van der Waals surface area contributed by atoms with Gasteiger partial charge in [-0.25, -0.2) is 19.6 Å². The summed E-state index contributed by atoms with van der Waals surface area (Å²) in [4.78, 5) is 101. The Morgan fingerprint density at radius 3 is 1.52 bits per heavy atom. The highest BCUT2D eigenvalue weighted by Crippen LogP contribution is 2.62. The third-order valence-electron chi connectivity index (χ3n) is 17.6. The summed E-state index contributed by atoms with van der Waals surface area (Å²) in [6, 6.07) is 11.1. The van der Waals surface area contributed by atoms with E-state index in [2.05, 4.69) is 13.8 Å². The van der Waals surface area contributed by atoms with Crippen molar-refractivity contribution in [3.8, 4) is 17.2 Å². The summed E-state index contributed by atoms with van der Waals surface area (Å²) in [6.45, 7) is 12.1. The number of rotatable bonds is 17. The van der Waals surface area contributed by atoms with Crippen LogP contribution in [-0.4, -0.2) is 90.5 Å². The van der Waals surface area contributed by atoms with Crippen LogP contribution in [0.1, 0.15) is 136 Å². The van der Waals surface area contributed by atoms with E-state index in [0.29, 0.717) is 35.8 Å². The molecule has 0 amide bonds. The second-order valence-electron chi connectivity index (χ2n) is 22.7. The molecule has 0 unspecified atom stereocenters. The smallest absolute Gasteiger partial charge is 0.311 e. The zero-order valence-corrected chi connectivity index (χ0v) is 44.7. The summed E-state index contributed by atoms with van der Waals surface area (Å²) >= 11 is 0. The monoisotopic (exact) mass is 1070 g/mol. The summed E-state index contributed by atoms with van der Waals surface area (Å²) in [6.07, 6.45) is 7.69. The molecule has 2 aliphatic carbocycles. The highest BCUT2D eigenvalue weighted by atomic mass is 17.3. The number of carbonyl (C=O) groups is 6. The third-order valence-corrected chi connectivity index (χ3v) is 17.6. The van der Waals surface area contributed by atoms with Crippen molar-refractivity contribution in [2.24, 2.45) is 47.3 Å². The molecule has 416 valence electrons. The van der Waals surface area contributed by atoms with Crippen LogP contribution in [0, 0.1) is 47.3 Å². The van der Waals surface area contributed by atoms with E-state index in [0.717, 1.165) is 38.5 Å². The molecule has 0 radical (unpaired) electrons. The zero-order chi connectivity index (χ0) is 54.4. The van der Waals surface area contributed by atoms with Gasteiger partial charge in [0.2, 0.25) is 24.2 Å². The average molecular weight is 1070 g/mol. The first-order valence-corrected chi connectivity index (χ1v) is 27.2. The van der Waals surface area contributed by atoms with Crippen LogP contribution in [0.2, 0.25) is 0 Å². The minimum Gasteiger partial charge on any atom is -0.493 e. The Kier molecular flexibility index (Phi) is 15.7. The molecule has 2 spiro atoms. The topological polar surface area (TPSA) is 222 Å². The van der Waals surface area contributed by atoms with E-state index in [1.54, 1.807) is 36.4 Å². The fourth-order valence-electron chi connectivity index (χ4n) is 13.3. The van der Waals surface area contributed by atoms with Gasteiger partial charge >= 0.3 is 23.9 Å². The minimum absolute atomic E-state index is 0.0173. The van der Waals surface area contributed by atoms with Gasteiger partial charge in [0.25, 0.3) is 0 Å². The molecule has 2 aromatic carbocycles. The van der Waals surface area contributed by atoms with Crippen LogP contribution in [-0.2, 0) is 76.7 Å². The number of hydrogen-bond donors (Lipinski definition) is 0. The van der Waals surface area contributed by atoms with E-state index in [9.17, 15) is 28.8 Å². The maximum absolute atomic E-state index is 13.1. The van der Waals surface area contributed by atoms with Crippen LogP contribution < -0.4 is 14.2 Å². The van der Waals surface area contributed by atoms with Gasteiger partial charge in [0.1, 0.15) is 5.75 Å². The molecule has 19 heteroatoms. The quantitative estimate of drug-likeness (QED) is 0.0474. The molecular formula is C58H70O19. The lowest BCUT2D eigenvalue weighted by Crippen LogP contribution is -2.70. The van der Waals surface area contributed by atoms with E-state index in [1.807, 2.05) is 27.7 Å². The van der Waals surface area contributed by atoms with Gasteiger partial charge in [-0.1, -0.05) is 58.0 Å². The van der Waals surface area contributed by atoms with Gasteiger partial charge in [-0.15, -0.1) is 0 Å². The number of benzene rings is 2. The van der Waals surface area contributed by atoms with E-state index < -0.39 is 89.8 Å². The fraction of sp³-hybridized carbons (Fsp3) is 0.621. The second kappa shape index (κ2) is 22.0. The largest absolute Gasteiger partial charge is 0.493 e. The molecule has 10 aliphatic rings. The molecule has 2 saturated carbocycles. The van der Waals surface area contributed by atoms with Gasteiger partial charge in [0.15, 0.2) is 46.8 Å². The van der Waals surface area contributed by atoms with Crippen LogP contribution in [0.3, 0.4) is 0 Å².